The molecule has 1 amide bonds. The Labute approximate surface area is 202 Å². The topological polar surface area (TPSA) is 78.2 Å². The fraction of sp³-hybridized carbons (Fsp3) is 0.308. The summed E-state index contributed by atoms with van der Waals surface area (Å²) in [6, 6.07) is 9.57. The predicted octanol–water partition coefficient (Wildman–Crippen LogP) is 4.99. The van der Waals surface area contributed by atoms with Gasteiger partial charge in [-0.1, -0.05) is 30.3 Å². The molecule has 0 radical (unpaired) electrons. The highest BCUT2D eigenvalue weighted by atomic mass is 35.5. The summed E-state index contributed by atoms with van der Waals surface area (Å²) in [5.41, 5.74) is 1.05. The molecule has 0 saturated heterocycles. The molecule has 0 fully saturated rings. The Hall–Kier alpha value is -3.29. The minimum absolute atomic E-state index is 0.0483. The van der Waals surface area contributed by atoms with Crippen LogP contribution in [0.3, 0.4) is 0 Å². The van der Waals surface area contributed by atoms with Crippen LogP contribution in [0.5, 0.6) is 11.5 Å². The van der Waals surface area contributed by atoms with Crippen molar-refractivity contribution in [3.8, 4) is 11.5 Å². The van der Waals surface area contributed by atoms with Gasteiger partial charge in [-0.25, -0.2) is 0 Å². The lowest BCUT2D eigenvalue weighted by molar-refractivity contribution is 0.0707. The number of amides is 1. The van der Waals surface area contributed by atoms with E-state index >= 15 is 0 Å². The SMILES string of the molecule is C=CCOc1ccc(C2c3c(oc4ccc(Cl)cc4c3=O)C(=O)N2CCCOC)cc1OCC. The monoisotopic (exact) mass is 483 g/mol. The van der Waals surface area contributed by atoms with Crippen molar-refractivity contribution < 1.29 is 23.4 Å². The van der Waals surface area contributed by atoms with Crippen molar-refractivity contribution in [1.82, 2.24) is 4.90 Å². The van der Waals surface area contributed by atoms with Crippen LogP contribution in [0, 0.1) is 0 Å². The fourth-order valence-electron chi connectivity index (χ4n) is 4.18. The largest absolute Gasteiger partial charge is 0.490 e. The van der Waals surface area contributed by atoms with Crippen LogP contribution in [-0.4, -0.2) is 44.3 Å². The van der Waals surface area contributed by atoms with Crippen molar-refractivity contribution in [3.05, 3.63) is 81.2 Å². The molecule has 0 saturated carbocycles. The molecular weight excluding hydrogens is 458 g/mol. The van der Waals surface area contributed by atoms with Crippen LogP contribution >= 0.6 is 11.6 Å². The molecule has 8 heteroatoms. The number of fused-ring (bicyclic) bond motifs is 2. The van der Waals surface area contributed by atoms with Crippen molar-refractivity contribution >= 4 is 28.5 Å². The molecule has 4 rings (SSSR count). The van der Waals surface area contributed by atoms with Gasteiger partial charge in [0.1, 0.15) is 12.2 Å². The smallest absolute Gasteiger partial charge is 0.290 e. The molecule has 2 heterocycles. The van der Waals surface area contributed by atoms with E-state index in [0.717, 1.165) is 0 Å². The summed E-state index contributed by atoms with van der Waals surface area (Å²) in [7, 11) is 1.61. The Morgan fingerprint density at radius 1 is 1.15 bits per heavy atom. The summed E-state index contributed by atoms with van der Waals surface area (Å²) in [5, 5.41) is 0.749. The number of hydrogen-bond donors (Lipinski definition) is 0. The molecular formula is C26H26ClNO6. The van der Waals surface area contributed by atoms with Gasteiger partial charge in [0.2, 0.25) is 5.76 Å². The van der Waals surface area contributed by atoms with Gasteiger partial charge < -0.3 is 23.5 Å². The summed E-state index contributed by atoms with van der Waals surface area (Å²) in [5.74, 6) is 0.785. The highest BCUT2D eigenvalue weighted by Gasteiger charge is 2.42. The minimum Gasteiger partial charge on any atom is -0.490 e. The van der Waals surface area contributed by atoms with Crippen LogP contribution in [0.1, 0.15) is 41.1 Å². The zero-order valence-electron chi connectivity index (χ0n) is 19.1. The molecule has 2 aromatic carbocycles. The van der Waals surface area contributed by atoms with Gasteiger partial charge >= 0.3 is 0 Å². The first-order valence-corrected chi connectivity index (χ1v) is 11.4. The van der Waals surface area contributed by atoms with E-state index in [4.69, 9.17) is 30.2 Å². The van der Waals surface area contributed by atoms with Crippen molar-refractivity contribution in [1.29, 1.82) is 0 Å². The first-order valence-electron chi connectivity index (χ1n) is 11.1. The number of methoxy groups -OCH3 is 1. The number of halogens is 1. The Balaban J connectivity index is 1.88. The quantitative estimate of drug-likeness (QED) is 0.298. The van der Waals surface area contributed by atoms with Crippen molar-refractivity contribution in [2.75, 3.05) is 33.5 Å². The Morgan fingerprint density at radius 3 is 2.71 bits per heavy atom. The van der Waals surface area contributed by atoms with E-state index in [1.165, 1.54) is 0 Å². The number of ether oxygens (including phenoxy) is 3. The second-order valence-corrected chi connectivity index (χ2v) is 8.24. The lowest BCUT2D eigenvalue weighted by Gasteiger charge is -2.26. The zero-order valence-corrected chi connectivity index (χ0v) is 19.9. The second-order valence-electron chi connectivity index (χ2n) is 7.80. The molecule has 178 valence electrons. The van der Waals surface area contributed by atoms with E-state index in [1.807, 2.05) is 13.0 Å². The number of carbonyl (C=O) groups is 1. The fourth-order valence-corrected chi connectivity index (χ4v) is 4.35. The van der Waals surface area contributed by atoms with Gasteiger partial charge in [-0.2, -0.15) is 0 Å². The third-order valence-corrected chi connectivity index (χ3v) is 5.85. The van der Waals surface area contributed by atoms with Crippen molar-refractivity contribution in [2.24, 2.45) is 0 Å². The van der Waals surface area contributed by atoms with Crippen molar-refractivity contribution in [3.63, 3.8) is 0 Å². The molecule has 1 unspecified atom stereocenters. The van der Waals surface area contributed by atoms with Crippen LogP contribution in [0.4, 0.5) is 0 Å². The first-order chi connectivity index (χ1) is 16.5. The second kappa shape index (κ2) is 10.3. The molecule has 1 aliphatic heterocycles. The maximum atomic E-state index is 13.6. The molecule has 0 aliphatic carbocycles. The molecule has 34 heavy (non-hydrogen) atoms. The lowest BCUT2D eigenvalue weighted by atomic mass is 9.98. The van der Waals surface area contributed by atoms with Gasteiger partial charge in [0, 0.05) is 25.3 Å². The van der Waals surface area contributed by atoms with E-state index in [0.29, 0.717) is 71.4 Å². The van der Waals surface area contributed by atoms with Gasteiger partial charge in [-0.15, -0.1) is 0 Å². The third kappa shape index (κ3) is 4.41. The minimum atomic E-state index is -0.647. The number of benzene rings is 2. The van der Waals surface area contributed by atoms with Gasteiger partial charge in [-0.05, 0) is 49.2 Å². The summed E-state index contributed by atoms with van der Waals surface area (Å²) < 4.78 is 22.6. The van der Waals surface area contributed by atoms with E-state index in [2.05, 4.69) is 6.58 Å². The summed E-state index contributed by atoms with van der Waals surface area (Å²) >= 11 is 6.14. The molecule has 0 N–H and O–H groups in total. The number of hydrogen-bond acceptors (Lipinski definition) is 6. The van der Waals surface area contributed by atoms with Gasteiger partial charge in [0.25, 0.3) is 5.91 Å². The lowest BCUT2D eigenvalue weighted by Crippen LogP contribution is -2.31. The first kappa shape index (κ1) is 23.9. The highest BCUT2D eigenvalue weighted by molar-refractivity contribution is 6.31. The maximum Gasteiger partial charge on any atom is 0.290 e. The van der Waals surface area contributed by atoms with Crippen molar-refractivity contribution in [2.45, 2.75) is 19.4 Å². The van der Waals surface area contributed by atoms with Crippen LogP contribution in [0.15, 0.2) is 58.3 Å². The molecule has 1 atom stereocenters. The van der Waals surface area contributed by atoms with Gasteiger partial charge in [-0.3, -0.25) is 9.59 Å². The molecule has 1 aliphatic rings. The Bertz CT molecular complexity index is 1280. The van der Waals surface area contributed by atoms with E-state index in [-0.39, 0.29) is 17.1 Å². The summed E-state index contributed by atoms with van der Waals surface area (Å²) in [6.45, 7) is 7.16. The van der Waals surface area contributed by atoms with E-state index in [9.17, 15) is 9.59 Å². The van der Waals surface area contributed by atoms with Crippen LogP contribution in [0.2, 0.25) is 5.02 Å². The number of nitrogens with zero attached hydrogens (tertiary/aromatic N) is 1. The van der Waals surface area contributed by atoms with Gasteiger partial charge in [0.05, 0.1) is 23.6 Å². The molecule has 7 nitrogen and oxygen atoms in total. The average molecular weight is 484 g/mol. The van der Waals surface area contributed by atoms with Crippen LogP contribution in [0.25, 0.3) is 11.0 Å². The zero-order chi connectivity index (χ0) is 24.2. The van der Waals surface area contributed by atoms with Gasteiger partial charge in [0.15, 0.2) is 16.9 Å². The Morgan fingerprint density at radius 2 is 1.97 bits per heavy atom. The number of rotatable bonds is 10. The molecule has 0 bridgehead atoms. The predicted molar refractivity (Wildman–Crippen MR) is 130 cm³/mol. The van der Waals surface area contributed by atoms with Crippen LogP contribution < -0.4 is 14.9 Å². The molecule has 1 aromatic heterocycles. The summed E-state index contributed by atoms with van der Waals surface area (Å²) in [6.07, 6.45) is 2.25. The maximum absolute atomic E-state index is 13.6. The normalized spacial score (nSPS) is 15.0. The van der Waals surface area contributed by atoms with E-state index < -0.39 is 6.04 Å². The highest BCUT2D eigenvalue weighted by Crippen LogP contribution is 2.41. The average Bonchev–Trinajstić information content (AvgIpc) is 3.11. The van der Waals surface area contributed by atoms with Crippen LogP contribution in [-0.2, 0) is 4.74 Å². The third-order valence-electron chi connectivity index (χ3n) is 5.62. The Kier molecular flexibility index (Phi) is 7.24. The number of carbonyl (C=O) groups excluding carboxylic acids is 1. The van der Waals surface area contributed by atoms with E-state index in [1.54, 1.807) is 48.4 Å². The molecule has 0 spiro atoms. The standard InChI is InChI=1S/C26H26ClNO6/c1-4-12-33-20-9-7-16(14-21(20)32-5-2)23-22-24(29)18-15-17(27)8-10-19(18)34-25(22)26(30)28(23)11-6-13-31-3/h4,7-10,14-15,23H,1,5-6,11-13H2,2-3H3. The molecule has 3 aromatic rings. The summed E-state index contributed by atoms with van der Waals surface area (Å²) in [4.78, 5) is 28.7.